The maximum Gasteiger partial charge on any atom is 0.342 e. The van der Waals surface area contributed by atoms with Gasteiger partial charge in [-0.3, -0.25) is 0 Å². The molecule has 3 rings (SSSR count). The molecular formula is C18H18O4. The summed E-state index contributed by atoms with van der Waals surface area (Å²) in [6, 6.07) is 7.72. The van der Waals surface area contributed by atoms with Crippen molar-refractivity contribution in [3.05, 3.63) is 41.5 Å². The molecule has 0 aliphatic carbocycles. The fourth-order valence-corrected chi connectivity index (χ4v) is 2.76. The van der Waals surface area contributed by atoms with Gasteiger partial charge in [0.05, 0.1) is 14.2 Å². The zero-order valence-electron chi connectivity index (χ0n) is 13.1. The van der Waals surface area contributed by atoms with Crippen LogP contribution in [0.4, 0.5) is 0 Å². The molecule has 1 aliphatic heterocycles. The molecule has 0 spiro atoms. The number of carbonyl (C=O) groups is 1. The first kappa shape index (κ1) is 14.4. The smallest absolute Gasteiger partial charge is 0.342 e. The molecule has 2 aromatic carbocycles. The Morgan fingerprint density at radius 1 is 1.14 bits per heavy atom. The SMILES string of the molecule is COC(=O)c1c2c(c3ccccc3c1OC)OC(C)(C)C=C2. The lowest BCUT2D eigenvalue weighted by molar-refractivity contribution is 0.0595. The third-order valence-electron chi connectivity index (χ3n) is 3.77. The average Bonchev–Trinajstić information content (AvgIpc) is 2.52. The summed E-state index contributed by atoms with van der Waals surface area (Å²) >= 11 is 0. The zero-order valence-corrected chi connectivity index (χ0v) is 13.1. The van der Waals surface area contributed by atoms with Crippen molar-refractivity contribution < 1.29 is 19.0 Å². The summed E-state index contributed by atoms with van der Waals surface area (Å²) in [6.07, 6.45) is 3.83. The van der Waals surface area contributed by atoms with Crippen LogP contribution < -0.4 is 9.47 Å². The molecule has 0 saturated carbocycles. The second kappa shape index (κ2) is 5.05. The number of hydrogen-bond acceptors (Lipinski definition) is 4. The summed E-state index contributed by atoms with van der Waals surface area (Å²) in [6.45, 7) is 3.95. The van der Waals surface area contributed by atoms with Gasteiger partial charge < -0.3 is 14.2 Å². The van der Waals surface area contributed by atoms with Crippen LogP contribution in [-0.2, 0) is 4.74 Å². The number of rotatable bonds is 2. The minimum atomic E-state index is -0.438. The molecule has 0 radical (unpaired) electrons. The summed E-state index contributed by atoms with van der Waals surface area (Å²) < 4.78 is 16.6. The number of methoxy groups -OCH3 is 2. The van der Waals surface area contributed by atoms with Gasteiger partial charge in [-0.05, 0) is 19.9 Å². The Hall–Kier alpha value is -2.49. The molecule has 0 amide bonds. The molecule has 4 heteroatoms. The Bertz CT molecular complexity index is 787. The van der Waals surface area contributed by atoms with E-state index in [1.807, 2.05) is 50.3 Å². The first-order valence-electron chi connectivity index (χ1n) is 7.08. The summed E-state index contributed by atoms with van der Waals surface area (Å²) in [5.74, 6) is 0.755. The van der Waals surface area contributed by atoms with Gasteiger partial charge in [0.25, 0.3) is 0 Å². The summed E-state index contributed by atoms with van der Waals surface area (Å²) in [5.41, 5.74) is 0.657. The summed E-state index contributed by atoms with van der Waals surface area (Å²) in [7, 11) is 2.92. The number of carbonyl (C=O) groups excluding carboxylic acids is 1. The normalized spacial score (nSPS) is 15.1. The first-order valence-corrected chi connectivity index (χ1v) is 7.08. The molecule has 0 N–H and O–H groups in total. The largest absolute Gasteiger partial charge is 0.495 e. The molecule has 2 aromatic rings. The van der Waals surface area contributed by atoms with Crippen LogP contribution in [0.1, 0.15) is 29.8 Å². The Labute approximate surface area is 129 Å². The highest BCUT2D eigenvalue weighted by Crippen LogP contribution is 2.45. The van der Waals surface area contributed by atoms with E-state index in [1.54, 1.807) is 7.11 Å². The first-order chi connectivity index (χ1) is 10.5. The lowest BCUT2D eigenvalue weighted by Gasteiger charge is -2.30. The number of ether oxygens (including phenoxy) is 3. The predicted molar refractivity (Wildman–Crippen MR) is 85.6 cm³/mol. The minimum Gasteiger partial charge on any atom is -0.495 e. The zero-order chi connectivity index (χ0) is 15.9. The van der Waals surface area contributed by atoms with E-state index in [9.17, 15) is 4.79 Å². The number of hydrogen-bond donors (Lipinski definition) is 0. The van der Waals surface area contributed by atoms with E-state index in [0.717, 1.165) is 10.8 Å². The topological polar surface area (TPSA) is 44.8 Å². The van der Waals surface area contributed by atoms with Gasteiger partial charge in [-0.1, -0.05) is 30.3 Å². The second-order valence-corrected chi connectivity index (χ2v) is 5.73. The predicted octanol–water partition coefficient (Wildman–Crippen LogP) is 3.82. The molecule has 0 bridgehead atoms. The molecule has 0 saturated heterocycles. The Morgan fingerprint density at radius 2 is 1.82 bits per heavy atom. The van der Waals surface area contributed by atoms with Crippen LogP contribution in [0.3, 0.4) is 0 Å². The molecule has 1 aliphatic rings. The molecule has 1 heterocycles. The number of esters is 1. The van der Waals surface area contributed by atoms with E-state index in [2.05, 4.69) is 0 Å². The third kappa shape index (κ3) is 2.11. The molecule has 22 heavy (non-hydrogen) atoms. The molecule has 0 atom stereocenters. The van der Waals surface area contributed by atoms with Gasteiger partial charge in [0.15, 0.2) is 0 Å². The molecular weight excluding hydrogens is 280 g/mol. The van der Waals surface area contributed by atoms with Crippen LogP contribution in [0.25, 0.3) is 16.8 Å². The van der Waals surface area contributed by atoms with Crippen LogP contribution >= 0.6 is 0 Å². The van der Waals surface area contributed by atoms with Crippen molar-refractivity contribution in [3.8, 4) is 11.5 Å². The van der Waals surface area contributed by atoms with Gasteiger partial charge in [-0.15, -0.1) is 0 Å². The standard InChI is InChI=1S/C18H18O4/c1-18(2)10-9-13-14(17(19)21-4)16(20-3)12-8-6-5-7-11(12)15(13)22-18/h5-10H,1-4H3. The molecule has 114 valence electrons. The van der Waals surface area contributed by atoms with Crippen molar-refractivity contribution in [1.82, 2.24) is 0 Å². The summed E-state index contributed by atoms with van der Waals surface area (Å²) in [4.78, 5) is 12.3. The van der Waals surface area contributed by atoms with Gasteiger partial charge in [0.1, 0.15) is 22.7 Å². The molecule has 4 nitrogen and oxygen atoms in total. The van der Waals surface area contributed by atoms with Crippen LogP contribution in [0.2, 0.25) is 0 Å². The van der Waals surface area contributed by atoms with Gasteiger partial charge >= 0.3 is 5.97 Å². The van der Waals surface area contributed by atoms with E-state index >= 15 is 0 Å². The quantitative estimate of drug-likeness (QED) is 0.791. The van der Waals surface area contributed by atoms with Crippen molar-refractivity contribution in [1.29, 1.82) is 0 Å². The monoisotopic (exact) mass is 298 g/mol. The highest BCUT2D eigenvalue weighted by atomic mass is 16.5. The van der Waals surface area contributed by atoms with Crippen LogP contribution in [0.5, 0.6) is 11.5 Å². The Morgan fingerprint density at radius 3 is 2.45 bits per heavy atom. The van der Waals surface area contributed by atoms with E-state index in [0.29, 0.717) is 22.6 Å². The van der Waals surface area contributed by atoms with Gasteiger partial charge in [-0.2, -0.15) is 0 Å². The molecule has 0 aromatic heterocycles. The van der Waals surface area contributed by atoms with E-state index in [1.165, 1.54) is 7.11 Å². The Kier molecular flexibility index (Phi) is 3.32. The van der Waals surface area contributed by atoms with Gasteiger partial charge in [0.2, 0.25) is 0 Å². The van der Waals surface area contributed by atoms with Crippen LogP contribution in [0, 0.1) is 0 Å². The molecule has 0 unspecified atom stereocenters. The van der Waals surface area contributed by atoms with E-state index < -0.39 is 11.6 Å². The van der Waals surface area contributed by atoms with E-state index in [-0.39, 0.29) is 0 Å². The highest BCUT2D eigenvalue weighted by Gasteiger charge is 2.30. The van der Waals surface area contributed by atoms with Crippen LogP contribution in [0.15, 0.2) is 30.3 Å². The maximum atomic E-state index is 12.3. The van der Waals surface area contributed by atoms with Gasteiger partial charge in [-0.25, -0.2) is 4.79 Å². The maximum absolute atomic E-state index is 12.3. The van der Waals surface area contributed by atoms with Crippen molar-refractivity contribution >= 4 is 22.8 Å². The van der Waals surface area contributed by atoms with Crippen molar-refractivity contribution in [2.24, 2.45) is 0 Å². The number of fused-ring (bicyclic) bond motifs is 3. The van der Waals surface area contributed by atoms with Crippen molar-refractivity contribution in [2.45, 2.75) is 19.4 Å². The lowest BCUT2D eigenvalue weighted by atomic mass is 9.93. The third-order valence-corrected chi connectivity index (χ3v) is 3.77. The highest BCUT2D eigenvalue weighted by molar-refractivity contribution is 6.08. The fourth-order valence-electron chi connectivity index (χ4n) is 2.76. The van der Waals surface area contributed by atoms with Crippen molar-refractivity contribution in [2.75, 3.05) is 14.2 Å². The summed E-state index contributed by atoms with van der Waals surface area (Å²) in [5, 5.41) is 1.75. The lowest BCUT2D eigenvalue weighted by Crippen LogP contribution is -2.28. The Balaban J connectivity index is 2.45. The van der Waals surface area contributed by atoms with Crippen molar-refractivity contribution in [3.63, 3.8) is 0 Å². The fraction of sp³-hybridized carbons (Fsp3) is 0.278. The van der Waals surface area contributed by atoms with E-state index in [4.69, 9.17) is 14.2 Å². The minimum absolute atomic E-state index is 0.394. The van der Waals surface area contributed by atoms with Crippen LogP contribution in [-0.4, -0.2) is 25.8 Å². The molecule has 0 fully saturated rings. The number of benzene rings is 2. The van der Waals surface area contributed by atoms with Gasteiger partial charge in [0, 0.05) is 16.3 Å². The second-order valence-electron chi connectivity index (χ2n) is 5.73. The average molecular weight is 298 g/mol.